The molecule has 15 heteroatoms. The number of alkyl halides is 3. The molecule has 0 saturated carbocycles. The number of carbonyl (C=O) groups excluding carboxylic acids is 2. The monoisotopic (exact) mass is 487 g/mol. The quantitative estimate of drug-likeness (QED) is 0.332. The molecule has 2 aromatic rings. The number of nitrogens with one attached hydrogen (secondary N) is 1. The first-order valence-corrected chi connectivity index (χ1v) is 9.08. The van der Waals surface area contributed by atoms with Gasteiger partial charge in [-0.25, -0.2) is 4.79 Å². The normalized spacial score (nSPS) is 11.8. The number of non-ortho nitro benzene ring substituents is 1. The maximum Gasteiger partial charge on any atom is 0.418 e. The van der Waals surface area contributed by atoms with Gasteiger partial charge in [0.2, 0.25) is 0 Å². The fourth-order valence-electron chi connectivity index (χ4n) is 2.68. The molecule has 0 saturated heterocycles. The van der Waals surface area contributed by atoms with Gasteiger partial charge in [-0.1, -0.05) is 0 Å². The van der Waals surface area contributed by atoms with Crippen LogP contribution in [-0.2, 0) is 15.7 Å². The molecule has 2 rings (SSSR count). The second-order valence-electron chi connectivity index (χ2n) is 6.50. The molecule has 0 radical (unpaired) electrons. The van der Waals surface area contributed by atoms with Crippen LogP contribution in [0.5, 0.6) is 11.5 Å². The van der Waals surface area contributed by atoms with Crippen LogP contribution in [-0.4, -0.2) is 42.0 Å². The van der Waals surface area contributed by atoms with Crippen molar-refractivity contribution in [3.63, 3.8) is 0 Å². The van der Waals surface area contributed by atoms with Crippen LogP contribution in [0.1, 0.15) is 22.8 Å². The third-order valence-corrected chi connectivity index (χ3v) is 4.35. The number of nitro benzene ring substituents is 2. The Labute approximate surface area is 188 Å². The minimum atomic E-state index is -5.05. The van der Waals surface area contributed by atoms with E-state index in [1.165, 1.54) is 14.2 Å². The second-order valence-corrected chi connectivity index (χ2v) is 6.50. The second kappa shape index (κ2) is 10.0. The molecule has 1 N–H and O–H groups in total. The molecule has 0 unspecified atom stereocenters. The minimum absolute atomic E-state index is 0.0575. The lowest BCUT2D eigenvalue weighted by molar-refractivity contribution is -0.385. The van der Waals surface area contributed by atoms with Crippen molar-refractivity contribution in [1.29, 1.82) is 0 Å². The lowest BCUT2D eigenvalue weighted by atomic mass is 10.1. The zero-order valence-electron chi connectivity index (χ0n) is 17.7. The van der Waals surface area contributed by atoms with Gasteiger partial charge in [0.15, 0.2) is 17.6 Å². The molecular weight excluding hydrogens is 471 g/mol. The summed E-state index contributed by atoms with van der Waals surface area (Å²) in [6.45, 7) is 1.01. The fraction of sp³-hybridized carbons (Fsp3) is 0.263. The zero-order chi connectivity index (χ0) is 25.8. The number of hydrogen-bond acceptors (Lipinski definition) is 9. The molecule has 0 aliphatic carbocycles. The molecule has 0 fully saturated rings. The van der Waals surface area contributed by atoms with Gasteiger partial charge in [-0.2, -0.15) is 13.2 Å². The maximum atomic E-state index is 13.3. The van der Waals surface area contributed by atoms with Crippen molar-refractivity contribution in [2.24, 2.45) is 0 Å². The first-order valence-electron chi connectivity index (χ1n) is 9.08. The number of methoxy groups -OCH3 is 2. The van der Waals surface area contributed by atoms with Crippen molar-refractivity contribution in [2.45, 2.75) is 19.2 Å². The Kier molecular flexibility index (Phi) is 7.61. The van der Waals surface area contributed by atoms with Crippen molar-refractivity contribution in [2.75, 3.05) is 19.5 Å². The van der Waals surface area contributed by atoms with Gasteiger partial charge >= 0.3 is 12.1 Å². The van der Waals surface area contributed by atoms with Gasteiger partial charge < -0.3 is 19.5 Å². The van der Waals surface area contributed by atoms with Gasteiger partial charge in [-0.15, -0.1) is 0 Å². The van der Waals surface area contributed by atoms with E-state index in [-0.39, 0.29) is 17.6 Å². The number of carbonyl (C=O) groups is 2. The SMILES string of the molecule is COc1cc(C(=O)O[C@H](C)C(=O)Nc2ccc([N+](=O)[O-])cc2C(F)(F)F)c([N+](=O)[O-])cc1OC. The summed E-state index contributed by atoms with van der Waals surface area (Å²) in [7, 11) is 2.41. The summed E-state index contributed by atoms with van der Waals surface area (Å²) in [4.78, 5) is 45.0. The Morgan fingerprint density at radius 3 is 2.09 bits per heavy atom. The predicted octanol–water partition coefficient (Wildman–Crippen LogP) is 3.72. The molecular formula is C19H16F3N3O9. The van der Waals surface area contributed by atoms with Crippen molar-refractivity contribution in [3.05, 3.63) is 61.7 Å². The van der Waals surface area contributed by atoms with E-state index in [0.29, 0.717) is 6.07 Å². The van der Waals surface area contributed by atoms with Gasteiger partial charge in [0.1, 0.15) is 5.56 Å². The summed E-state index contributed by atoms with van der Waals surface area (Å²) in [5.74, 6) is -2.68. The van der Waals surface area contributed by atoms with E-state index in [2.05, 4.69) is 0 Å². The van der Waals surface area contributed by atoms with Gasteiger partial charge in [0.25, 0.3) is 17.3 Å². The summed E-state index contributed by atoms with van der Waals surface area (Å²) < 4.78 is 54.6. The van der Waals surface area contributed by atoms with Crippen LogP contribution in [0.3, 0.4) is 0 Å². The number of benzene rings is 2. The van der Waals surface area contributed by atoms with E-state index in [4.69, 9.17) is 14.2 Å². The third-order valence-electron chi connectivity index (χ3n) is 4.35. The minimum Gasteiger partial charge on any atom is -0.493 e. The Hall–Kier alpha value is -4.43. The summed E-state index contributed by atoms with van der Waals surface area (Å²) in [5, 5.41) is 24.0. The highest BCUT2D eigenvalue weighted by atomic mass is 19.4. The number of halogens is 3. The molecule has 0 aliphatic heterocycles. The molecule has 182 valence electrons. The van der Waals surface area contributed by atoms with Gasteiger partial charge in [-0.3, -0.25) is 25.0 Å². The van der Waals surface area contributed by atoms with Crippen LogP contribution in [0.2, 0.25) is 0 Å². The molecule has 0 spiro atoms. The summed E-state index contributed by atoms with van der Waals surface area (Å²) in [6, 6.07) is 3.50. The number of esters is 1. The maximum absolute atomic E-state index is 13.3. The standard InChI is InChI=1S/C19H16F3N3O9/c1-9(17(26)23-13-5-4-10(24(28)29)6-12(13)19(20,21)22)34-18(27)11-7-15(32-2)16(33-3)8-14(11)25(30)31/h4-9H,1-3H3,(H,23,26)/t9-/m1/s1. The Balaban J connectivity index is 2.30. The van der Waals surface area contributed by atoms with Gasteiger partial charge in [0, 0.05) is 18.2 Å². The zero-order valence-corrected chi connectivity index (χ0v) is 17.7. The van der Waals surface area contributed by atoms with Gasteiger partial charge in [0.05, 0.1) is 41.4 Å². The molecule has 0 aromatic heterocycles. The van der Waals surface area contributed by atoms with Crippen LogP contribution in [0, 0.1) is 20.2 Å². The van der Waals surface area contributed by atoms with Crippen molar-refractivity contribution < 1.29 is 46.8 Å². The molecule has 0 aliphatic rings. The van der Waals surface area contributed by atoms with Crippen molar-refractivity contribution in [3.8, 4) is 11.5 Å². The molecule has 1 atom stereocenters. The molecule has 12 nitrogen and oxygen atoms in total. The highest BCUT2D eigenvalue weighted by Gasteiger charge is 2.36. The number of ether oxygens (including phenoxy) is 3. The molecule has 0 heterocycles. The highest BCUT2D eigenvalue weighted by Crippen LogP contribution is 2.37. The Bertz CT molecular complexity index is 1150. The molecule has 0 bridgehead atoms. The number of anilines is 1. The average Bonchev–Trinajstić information content (AvgIpc) is 2.77. The van der Waals surface area contributed by atoms with E-state index in [0.717, 1.165) is 25.1 Å². The Morgan fingerprint density at radius 1 is 1.00 bits per heavy atom. The topological polar surface area (TPSA) is 160 Å². The van der Waals surface area contributed by atoms with Crippen LogP contribution in [0.15, 0.2) is 30.3 Å². The lowest BCUT2D eigenvalue weighted by Gasteiger charge is -2.17. The van der Waals surface area contributed by atoms with Crippen molar-refractivity contribution in [1.82, 2.24) is 0 Å². The van der Waals surface area contributed by atoms with Gasteiger partial charge in [-0.05, 0) is 13.0 Å². The van der Waals surface area contributed by atoms with E-state index < -0.39 is 62.2 Å². The fourth-order valence-corrected chi connectivity index (χ4v) is 2.68. The molecule has 2 aromatic carbocycles. The summed E-state index contributed by atoms with van der Waals surface area (Å²) in [6.07, 6.45) is -6.76. The number of amides is 1. The predicted molar refractivity (Wildman–Crippen MR) is 108 cm³/mol. The summed E-state index contributed by atoms with van der Waals surface area (Å²) in [5.41, 5.74) is -4.50. The van der Waals surface area contributed by atoms with E-state index in [1.807, 2.05) is 5.32 Å². The van der Waals surface area contributed by atoms with Crippen LogP contribution < -0.4 is 14.8 Å². The average molecular weight is 487 g/mol. The number of rotatable bonds is 8. The largest absolute Gasteiger partial charge is 0.493 e. The highest BCUT2D eigenvalue weighted by molar-refractivity contribution is 5.99. The number of hydrogen-bond donors (Lipinski definition) is 1. The van der Waals surface area contributed by atoms with Crippen molar-refractivity contribution >= 4 is 28.9 Å². The third kappa shape index (κ3) is 5.67. The van der Waals surface area contributed by atoms with Crippen LogP contribution in [0.4, 0.5) is 30.2 Å². The molecule has 34 heavy (non-hydrogen) atoms. The van der Waals surface area contributed by atoms with Crippen LogP contribution >= 0.6 is 0 Å². The van der Waals surface area contributed by atoms with E-state index in [9.17, 15) is 43.0 Å². The number of nitrogens with zero attached hydrogens (tertiary/aromatic N) is 2. The molecule has 1 amide bonds. The smallest absolute Gasteiger partial charge is 0.418 e. The van der Waals surface area contributed by atoms with Crippen LogP contribution in [0.25, 0.3) is 0 Å². The summed E-state index contributed by atoms with van der Waals surface area (Å²) >= 11 is 0. The first-order chi connectivity index (χ1) is 15.8. The van der Waals surface area contributed by atoms with E-state index >= 15 is 0 Å². The lowest BCUT2D eigenvalue weighted by Crippen LogP contribution is -2.31. The van der Waals surface area contributed by atoms with E-state index in [1.54, 1.807) is 0 Å². The first kappa shape index (κ1) is 25.8. The number of nitro groups is 2. The Morgan fingerprint density at radius 2 is 1.59 bits per heavy atom.